The lowest BCUT2D eigenvalue weighted by Crippen LogP contribution is -2.23. The van der Waals surface area contributed by atoms with E-state index in [2.05, 4.69) is 0 Å². The zero-order chi connectivity index (χ0) is 12.1. The Morgan fingerprint density at radius 2 is 2.18 bits per heavy atom. The maximum Gasteiger partial charge on any atom is 0.119 e. The summed E-state index contributed by atoms with van der Waals surface area (Å²) in [4.78, 5) is 0. The van der Waals surface area contributed by atoms with Crippen molar-refractivity contribution in [2.45, 2.75) is 25.0 Å². The second-order valence-corrected chi connectivity index (χ2v) is 5.43. The maximum atomic E-state index is 9.57. The summed E-state index contributed by atoms with van der Waals surface area (Å²) in [7, 11) is 0. The van der Waals surface area contributed by atoms with E-state index in [-0.39, 0.29) is 6.54 Å². The molecule has 0 spiro atoms. The Balaban J connectivity index is 1.93. The van der Waals surface area contributed by atoms with Gasteiger partial charge in [0.05, 0.1) is 6.10 Å². The highest BCUT2D eigenvalue weighted by Crippen LogP contribution is 2.23. The first-order valence-electron chi connectivity index (χ1n) is 6.02. The van der Waals surface area contributed by atoms with Crippen molar-refractivity contribution in [1.82, 2.24) is 0 Å². The molecule has 2 rings (SSSR count). The molecule has 1 aromatic rings. The van der Waals surface area contributed by atoms with Crippen LogP contribution in [0.25, 0.3) is 0 Å². The van der Waals surface area contributed by atoms with Gasteiger partial charge in [0.1, 0.15) is 11.9 Å². The van der Waals surface area contributed by atoms with E-state index in [1.54, 1.807) is 0 Å². The van der Waals surface area contributed by atoms with Gasteiger partial charge in [0.15, 0.2) is 0 Å². The quantitative estimate of drug-likeness (QED) is 0.861. The van der Waals surface area contributed by atoms with Gasteiger partial charge >= 0.3 is 0 Å². The lowest BCUT2D eigenvalue weighted by molar-refractivity contribution is 0.186. The Morgan fingerprint density at radius 1 is 1.41 bits per heavy atom. The molecule has 0 amide bonds. The summed E-state index contributed by atoms with van der Waals surface area (Å²) in [5.41, 5.74) is 6.25. The molecule has 2 unspecified atom stereocenters. The lowest BCUT2D eigenvalue weighted by atomic mass is 10.1. The van der Waals surface area contributed by atoms with Crippen molar-refractivity contribution < 1.29 is 9.84 Å². The number of ether oxygens (including phenoxy) is 1. The van der Waals surface area contributed by atoms with E-state index in [0.29, 0.717) is 6.10 Å². The van der Waals surface area contributed by atoms with Crippen LogP contribution < -0.4 is 10.5 Å². The lowest BCUT2D eigenvalue weighted by Gasteiger charge is -2.22. The number of nitrogens with two attached hydrogens (primary N) is 1. The molecule has 3 nitrogen and oxygen atoms in total. The van der Waals surface area contributed by atoms with Crippen LogP contribution in [0.15, 0.2) is 24.3 Å². The first-order chi connectivity index (χ1) is 8.29. The molecule has 94 valence electrons. The van der Waals surface area contributed by atoms with E-state index in [1.165, 1.54) is 12.2 Å². The highest BCUT2D eigenvalue weighted by Gasteiger charge is 2.15. The molecule has 0 saturated carbocycles. The molecule has 0 aromatic heterocycles. The second kappa shape index (κ2) is 6.28. The van der Waals surface area contributed by atoms with Crippen molar-refractivity contribution in [3.05, 3.63) is 29.8 Å². The molecular weight excluding hydrogens is 234 g/mol. The van der Waals surface area contributed by atoms with Crippen molar-refractivity contribution in [2.75, 3.05) is 18.1 Å². The van der Waals surface area contributed by atoms with Gasteiger partial charge in [-0.3, -0.25) is 0 Å². The zero-order valence-corrected chi connectivity index (χ0v) is 10.7. The topological polar surface area (TPSA) is 55.5 Å². The third kappa shape index (κ3) is 3.63. The van der Waals surface area contributed by atoms with Gasteiger partial charge in [0.25, 0.3) is 0 Å². The van der Waals surface area contributed by atoms with Gasteiger partial charge in [-0.1, -0.05) is 12.1 Å². The third-order valence-electron chi connectivity index (χ3n) is 2.91. The molecule has 1 aliphatic rings. The van der Waals surface area contributed by atoms with E-state index in [9.17, 15) is 5.11 Å². The van der Waals surface area contributed by atoms with Gasteiger partial charge in [0, 0.05) is 12.3 Å². The Kier molecular flexibility index (Phi) is 4.71. The molecule has 1 saturated heterocycles. The maximum absolute atomic E-state index is 9.57. The summed E-state index contributed by atoms with van der Waals surface area (Å²) >= 11 is 1.95. The van der Waals surface area contributed by atoms with Crippen molar-refractivity contribution in [3.63, 3.8) is 0 Å². The number of hydrogen-bond acceptors (Lipinski definition) is 4. The van der Waals surface area contributed by atoms with Crippen LogP contribution in [-0.4, -0.2) is 29.3 Å². The molecule has 0 aliphatic carbocycles. The Hall–Kier alpha value is -0.710. The third-order valence-corrected chi connectivity index (χ3v) is 4.09. The van der Waals surface area contributed by atoms with E-state index in [0.717, 1.165) is 23.5 Å². The van der Waals surface area contributed by atoms with Gasteiger partial charge in [-0.2, -0.15) is 11.8 Å². The van der Waals surface area contributed by atoms with Crippen LogP contribution in [0, 0.1) is 0 Å². The summed E-state index contributed by atoms with van der Waals surface area (Å²) in [6, 6.07) is 7.58. The van der Waals surface area contributed by atoms with Crippen LogP contribution >= 0.6 is 11.8 Å². The fraction of sp³-hybridized carbons (Fsp3) is 0.538. The summed E-state index contributed by atoms with van der Waals surface area (Å²) in [5, 5.41) is 9.57. The van der Waals surface area contributed by atoms with Gasteiger partial charge in [0.2, 0.25) is 0 Å². The average Bonchev–Trinajstić information content (AvgIpc) is 2.40. The highest BCUT2D eigenvalue weighted by atomic mass is 32.2. The SMILES string of the molecule is NCC(O)c1ccc(OC2CCCSC2)cc1. The largest absolute Gasteiger partial charge is 0.490 e. The Bertz CT molecular complexity index is 336. The van der Waals surface area contributed by atoms with E-state index >= 15 is 0 Å². The first-order valence-corrected chi connectivity index (χ1v) is 7.17. The number of benzene rings is 1. The number of thioether (sulfide) groups is 1. The molecule has 1 aliphatic heterocycles. The van der Waals surface area contributed by atoms with Gasteiger partial charge in [-0.25, -0.2) is 0 Å². The van der Waals surface area contributed by atoms with Crippen LogP contribution in [0.5, 0.6) is 5.75 Å². The van der Waals surface area contributed by atoms with Crippen molar-refractivity contribution >= 4 is 11.8 Å². The number of hydrogen-bond donors (Lipinski definition) is 2. The fourth-order valence-electron chi connectivity index (χ4n) is 1.90. The normalized spacial score (nSPS) is 22.1. The molecule has 0 radical (unpaired) electrons. The van der Waals surface area contributed by atoms with Gasteiger partial charge in [-0.05, 0) is 36.3 Å². The Labute approximate surface area is 106 Å². The number of rotatable bonds is 4. The van der Waals surface area contributed by atoms with Crippen molar-refractivity contribution in [3.8, 4) is 5.75 Å². The van der Waals surface area contributed by atoms with Gasteiger partial charge < -0.3 is 15.6 Å². The number of aliphatic hydroxyl groups excluding tert-OH is 1. The predicted molar refractivity (Wildman–Crippen MR) is 71.4 cm³/mol. The molecular formula is C13H19NO2S. The van der Waals surface area contributed by atoms with Gasteiger partial charge in [-0.15, -0.1) is 0 Å². The summed E-state index contributed by atoms with van der Waals surface area (Å²) in [6.45, 7) is 0.249. The molecule has 3 N–H and O–H groups in total. The molecule has 1 aromatic carbocycles. The van der Waals surface area contributed by atoms with E-state index in [1.807, 2.05) is 36.0 Å². The summed E-state index contributed by atoms with van der Waals surface area (Å²) in [6.07, 6.45) is 2.13. The summed E-state index contributed by atoms with van der Waals surface area (Å²) < 4.78 is 5.89. The van der Waals surface area contributed by atoms with Crippen molar-refractivity contribution in [1.29, 1.82) is 0 Å². The van der Waals surface area contributed by atoms with Crippen LogP contribution in [0.1, 0.15) is 24.5 Å². The predicted octanol–water partition coefficient (Wildman–Crippen LogP) is 1.95. The van der Waals surface area contributed by atoms with Crippen LogP contribution in [0.4, 0.5) is 0 Å². The van der Waals surface area contributed by atoms with E-state index < -0.39 is 6.10 Å². The fourth-order valence-corrected chi connectivity index (χ4v) is 2.94. The molecule has 2 atom stereocenters. The molecule has 1 heterocycles. The average molecular weight is 253 g/mol. The van der Waals surface area contributed by atoms with E-state index in [4.69, 9.17) is 10.5 Å². The first kappa shape index (κ1) is 12.7. The zero-order valence-electron chi connectivity index (χ0n) is 9.84. The Morgan fingerprint density at radius 3 is 2.76 bits per heavy atom. The molecule has 0 bridgehead atoms. The van der Waals surface area contributed by atoms with Crippen LogP contribution in [0.3, 0.4) is 0 Å². The molecule has 4 heteroatoms. The van der Waals surface area contributed by atoms with Crippen LogP contribution in [0.2, 0.25) is 0 Å². The minimum Gasteiger partial charge on any atom is -0.490 e. The van der Waals surface area contributed by atoms with Crippen LogP contribution in [-0.2, 0) is 0 Å². The molecule has 1 fully saturated rings. The minimum atomic E-state index is -0.575. The summed E-state index contributed by atoms with van der Waals surface area (Å²) in [5.74, 6) is 3.21. The van der Waals surface area contributed by atoms with Crippen molar-refractivity contribution in [2.24, 2.45) is 5.73 Å². The number of aliphatic hydroxyl groups is 1. The monoisotopic (exact) mass is 253 g/mol. The second-order valence-electron chi connectivity index (χ2n) is 4.28. The minimum absolute atomic E-state index is 0.249. The smallest absolute Gasteiger partial charge is 0.119 e. The highest BCUT2D eigenvalue weighted by molar-refractivity contribution is 7.99. The standard InChI is InChI=1S/C13H19NO2S/c14-8-13(15)10-3-5-11(6-4-10)16-12-2-1-7-17-9-12/h3-6,12-13,15H,1-2,7-9,14H2. The molecule has 17 heavy (non-hydrogen) atoms.